The molecule has 0 spiro atoms. The highest BCUT2D eigenvalue weighted by molar-refractivity contribution is 7.89. The molecular formula is C13H21Cl2FN4O4S. The number of benzene rings is 1. The molecule has 0 amide bonds. The summed E-state index contributed by atoms with van der Waals surface area (Å²) in [6, 6.07) is 2.97. The van der Waals surface area contributed by atoms with Crippen LogP contribution in [0.4, 0.5) is 10.1 Å². The van der Waals surface area contributed by atoms with Gasteiger partial charge in [0.15, 0.2) is 4.90 Å². The molecule has 0 saturated carbocycles. The van der Waals surface area contributed by atoms with Crippen LogP contribution in [0.25, 0.3) is 0 Å². The van der Waals surface area contributed by atoms with Crippen LogP contribution < -0.4 is 10.0 Å². The van der Waals surface area contributed by atoms with Crippen molar-refractivity contribution >= 4 is 40.5 Å². The lowest BCUT2D eigenvalue weighted by molar-refractivity contribution is -0.388. The van der Waals surface area contributed by atoms with E-state index in [1.807, 2.05) is 0 Å². The summed E-state index contributed by atoms with van der Waals surface area (Å²) in [6.07, 6.45) is 0.543. The summed E-state index contributed by atoms with van der Waals surface area (Å²) < 4.78 is 40.3. The second-order valence-electron chi connectivity index (χ2n) is 5.19. The molecule has 1 saturated heterocycles. The number of halogens is 3. The third-order valence-corrected chi connectivity index (χ3v) is 5.09. The predicted molar refractivity (Wildman–Crippen MR) is 96.7 cm³/mol. The number of hydrogen-bond donors (Lipinski definition) is 2. The molecule has 0 aliphatic carbocycles. The number of sulfonamides is 1. The van der Waals surface area contributed by atoms with E-state index in [4.69, 9.17) is 0 Å². The van der Waals surface area contributed by atoms with Crippen molar-refractivity contribution in [1.29, 1.82) is 0 Å². The molecule has 144 valence electrons. The highest BCUT2D eigenvalue weighted by Crippen LogP contribution is 2.25. The Kier molecular flexibility index (Phi) is 10.4. The molecule has 1 heterocycles. The molecule has 1 fully saturated rings. The largest absolute Gasteiger partial charge is 0.314 e. The van der Waals surface area contributed by atoms with Crippen LogP contribution >= 0.6 is 24.8 Å². The molecule has 0 radical (unpaired) electrons. The van der Waals surface area contributed by atoms with Crippen molar-refractivity contribution in [2.45, 2.75) is 11.3 Å². The first-order chi connectivity index (χ1) is 10.9. The van der Waals surface area contributed by atoms with Crippen molar-refractivity contribution in [2.24, 2.45) is 0 Å². The number of nitro groups is 1. The van der Waals surface area contributed by atoms with Gasteiger partial charge < -0.3 is 10.2 Å². The van der Waals surface area contributed by atoms with Gasteiger partial charge in [-0.15, -0.1) is 24.8 Å². The van der Waals surface area contributed by atoms with Crippen LogP contribution in [-0.2, 0) is 10.0 Å². The summed E-state index contributed by atoms with van der Waals surface area (Å²) in [6.45, 7) is 4.39. The van der Waals surface area contributed by atoms with E-state index in [0.29, 0.717) is 13.0 Å². The molecule has 1 aliphatic heterocycles. The Morgan fingerprint density at radius 1 is 1.28 bits per heavy atom. The van der Waals surface area contributed by atoms with Crippen molar-refractivity contribution < 1.29 is 17.7 Å². The number of piperazine rings is 1. The van der Waals surface area contributed by atoms with Gasteiger partial charge >= 0.3 is 0 Å². The van der Waals surface area contributed by atoms with Gasteiger partial charge in [-0.1, -0.05) is 6.07 Å². The zero-order valence-electron chi connectivity index (χ0n) is 13.3. The highest BCUT2D eigenvalue weighted by Gasteiger charge is 2.29. The third-order valence-electron chi connectivity index (χ3n) is 3.56. The molecule has 0 unspecified atom stereocenters. The molecule has 0 aromatic heterocycles. The lowest BCUT2D eigenvalue weighted by atomic mass is 10.3. The van der Waals surface area contributed by atoms with Crippen LogP contribution in [-0.4, -0.2) is 57.5 Å². The number of nitrogens with one attached hydrogen (secondary N) is 2. The van der Waals surface area contributed by atoms with Crippen molar-refractivity contribution in [1.82, 2.24) is 14.9 Å². The third kappa shape index (κ3) is 6.65. The van der Waals surface area contributed by atoms with Crippen molar-refractivity contribution in [3.05, 3.63) is 34.1 Å². The lowest BCUT2D eigenvalue weighted by Crippen LogP contribution is -2.44. The average molecular weight is 419 g/mol. The van der Waals surface area contributed by atoms with Gasteiger partial charge in [-0.25, -0.2) is 17.5 Å². The minimum atomic E-state index is -4.27. The maximum Gasteiger partial charge on any atom is 0.292 e. The van der Waals surface area contributed by atoms with Crippen LogP contribution in [0.15, 0.2) is 23.1 Å². The average Bonchev–Trinajstić information content (AvgIpc) is 2.52. The Balaban J connectivity index is 0.00000288. The van der Waals surface area contributed by atoms with Gasteiger partial charge in [0.2, 0.25) is 10.0 Å². The zero-order chi connectivity index (χ0) is 16.9. The quantitative estimate of drug-likeness (QED) is 0.390. The van der Waals surface area contributed by atoms with E-state index in [2.05, 4.69) is 14.9 Å². The Labute approximate surface area is 158 Å². The zero-order valence-corrected chi connectivity index (χ0v) is 15.8. The van der Waals surface area contributed by atoms with Gasteiger partial charge in [-0.2, -0.15) is 0 Å². The topological polar surface area (TPSA) is 105 Å². The predicted octanol–water partition coefficient (Wildman–Crippen LogP) is 1.15. The van der Waals surface area contributed by atoms with Crippen molar-refractivity contribution in [2.75, 3.05) is 39.3 Å². The van der Waals surface area contributed by atoms with E-state index in [-0.39, 0.29) is 31.4 Å². The Morgan fingerprint density at radius 2 is 1.92 bits per heavy atom. The Morgan fingerprint density at radius 3 is 2.52 bits per heavy atom. The van der Waals surface area contributed by atoms with Gasteiger partial charge in [-0.3, -0.25) is 10.1 Å². The van der Waals surface area contributed by atoms with Crippen molar-refractivity contribution in [3.8, 4) is 0 Å². The van der Waals surface area contributed by atoms with Gasteiger partial charge in [0.05, 0.1) is 4.92 Å². The summed E-state index contributed by atoms with van der Waals surface area (Å²) in [5, 5.41) is 14.1. The van der Waals surface area contributed by atoms with Gasteiger partial charge in [-0.05, 0) is 19.0 Å². The first-order valence-electron chi connectivity index (χ1n) is 7.27. The molecule has 1 aliphatic rings. The minimum Gasteiger partial charge on any atom is -0.314 e. The number of nitro benzene ring substituents is 1. The molecule has 12 heteroatoms. The van der Waals surface area contributed by atoms with Crippen LogP contribution in [0.1, 0.15) is 6.42 Å². The molecule has 0 bridgehead atoms. The molecular weight excluding hydrogens is 398 g/mol. The molecule has 2 N–H and O–H groups in total. The fourth-order valence-corrected chi connectivity index (χ4v) is 3.72. The number of hydrogen-bond acceptors (Lipinski definition) is 6. The van der Waals surface area contributed by atoms with E-state index in [1.54, 1.807) is 0 Å². The summed E-state index contributed by atoms with van der Waals surface area (Å²) >= 11 is 0. The Bertz CT molecular complexity index is 672. The summed E-state index contributed by atoms with van der Waals surface area (Å²) in [5.74, 6) is -1.13. The first-order valence-corrected chi connectivity index (χ1v) is 8.76. The fraction of sp³-hybridized carbons (Fsp3) is 0.538. The summed E-state index contributed by atoms with van der Waals surface area (Å²) in [4.78, 5) is 11.3. The SMILES string of the molecule is Cl.Cl.O=[N+]([O-])c1cccc(F)c1S(=O)(=O)NCCCN1CCNCC1. The molecule has 0 atom stereocenters. The fourth-order valence-electron chi connectivity index (χ4n) is 2.42. The second kappa shape index (κ2) is 10.8. The van der Waals surface area contributed by atoms with Gasteiger partial charge in [0.25, 0.3) is 5.69 Å². The molecule has 8 nitrogen and oxygen atoms in total. The van der Waals surface area contributed by atoms with Crippen LogP contribution in [0.2, 0.25) is 0 Å². The van der Waals surface area contributed by atoms with Crippen LogP contribution in [0.3, 0.4) is 0 Å². The molecule has 25 heavy (non-hydrogen) atoms. The van der Waals surface area contributed by atoms with E-state index in [9.17, 15) is 22.9 Å². The monoisotopic (exact) mass is 418 g/mol. The molecule has 1 aromatic rings. The van der Waals surface area contributed by atoms with E-state index in [0.717, 1.165) is 44.4 Å². The maximum absolute atomic E-state index is 13.8. The van der Waals surface area contributed by atoms with Crippen LogP contribution in [0, 0.1) is 15.9 Å². The van der Waals surface area contributed by atoms with Crippen molar-refractivity contribution in [3.63, 3.8) is 0 Å². The summed E-state index contributed by atoms with van der Waals surface area (Å²) in [7, 11) is -4.27. The first kappa shape index (κ1) is 24.0. The maximum atomic E-state index is 13.8. The minimum absolute atomic E-state index is 0. The second-order valence-corrected chi connectivity index (χ2v) is 6.89. The number of nitrogens with zero attached hydrogens (tertiary/aromatic N) is 2. The Hall–Kier alpha value is -1.04. The number of rotatable bonds is 7. The van der Waals surface area contributed by atoms with E-state index >= 15 is 0 Å². The van der Waals surface area contributed by atoms with Gasteiger partial charge in [0, 0.05) is 38.8 Å². The molecule has 2 rings (SSSR count). The molecule has 1 aromatic carbocycles. The lowest BCUT2D eigenvalue weighted by Gasteiger charge is -2.27. The van der Waals surface area contributed by atoms with Crippen LogP contribution in [0.5, 0.6) is 0 Å². The highest BCUT2D eigenvalue weighted by atomic mass is 35.5. The summed E-state index contributed by atoms with van der Waals surface area (Å²) in [5.41, 5.74) is -0.764. The van der Waals surface area contributed by atoms with E-state index in [1.165, 1.54) is 0 Å². The normalized spacial score (nSPS) is 15.1. The van der Waals surface area contributed by atoms with Gasteiger partial charge in [0.1, 0.15) is 5.82 Å². The van der Waals surface area contributed by atoms with E-state index < -0.39 is 31.3 Å². The smallest absolute Gasteiger partial charge is 0.292 e. The standard InChI is InChI=1S/C13H19FN4O4S.2ClH/c14-11-3-1-4-12(18(19)20)13(11)23(21,22)16-5-2-8-17-9-6-15-7-10-17;;/h1,3-4,15-16H,2,5-10H2;2*1H.